The van der Waals surface area contributed by atoms with Crippen LogP contribution in [0.25, 0.3) is 0 Å². The zero-order chi connectivity index (χ0) is 14.5. The summed E-state index contributed by atoms with van der Waals surface area (Å²) in [6.45, 7) is 0. The van der Waals surface area contributed by atoms with Crippen molar-refractivity contribution in [3.8, 4) is 0 Å². The second kappa shape index (κ2) is 6.68. The van der Waals surface area contributed by atoms with Gasteiger partial charge in [0.1, 0.15) is 0 Å². The highest BCUT2D eigenvalue weighted by Gasteiger charge is 2.13. The van der Waals surface area contributed by atoms with Gasteiger partial charge >= 0.3 is 5.97 Å². The maximum atomic E-state index is 11.7. The fourth-order valence-corrected chi connectivity index (χ4v) is 3.02. The van der Waals surface area contributed by atoms with E-state index in [1.807, 2.05) is 30.3 Å². The van der Waals surface area contributed by atoms with Gasteiger partial charge in [0.2, 0.25) is 0 Å². The van der Waals surface area contributed by atoms with Crippen molar-refractivity contribution in [3.63, 3.8) is 0 Å². The van der Waals surface area contributed by atoms with Crippen molar-refractivity contribution in [1.29, 1.82) is 0 Å². The Morgan fingerprint density at radius 1 is 1.30 bits per heavy atom. The summed E-state index contributed by atoms with van der Waals surface area (Å²) < 4.78 is 4.77. The molecule has 0 aliphatic rings. The van der Waals surface area contributed by atoms with Gasteiger partial charge < -0.3 is 10.5 Å². The van der Waals surface area contributed by atoms with Gasteiger partial charge in [0, 0.05) is 21.4 Å². The Balaban J connectivity index is 2.21. The summed E-state index contributed by atoms with van der Waals surface area (Å²) in [6, 6.07) is 12.9. The largest absolute Gasteiger partial charge is 0.465 e. The van der Waals surface area contributed by atoms with E-state index in [4.69, 9.17) is 22.1 Å². The standard InChI is InChI=1S/C15H14ClNO2S/c1-19-15(18)12-8-11(17)6-7-14(12)20-9-10-4-2-3-5-13(10)16/h2-8H,9,17H2,1H3. The Labute approximate surface area is 127 Å². The number of carbonyl (C=O) groups excluding carboxylic acids is 1. The normalized spacial score (nSPS) is 10.3. The monoisotopic (exact) mass is 307 g/mol. The van der Waals surface area contributed by atoms with Crippen LogP contribution in [0.4, 0.5) is 5.69 Å². The third kappa shape index (κ3) is 3.46. The van der Waals surface area contributed by atoms with Crippen LogP contribution in [0.3, 0.4) is 0 Å². The topological polar surface area (TPSA) is 52.3 Å². The molecule has 104 valence electrons. The third-order valence-electron chi connectivity index (χ3n) is 2.75. The van der Waals surface area contributed by atoms with Crippen molar-refractivity contribution in [2.75, 3.05) is 12.8 Å². The first-order valence-electron chi connectivity index (χ1n) is 5.96. The minimum atomic E-state index is -0.390. The van der Waals surface area contributed by atoms with Gasteiger partial charge in [-0.2, -0.15) is 0 Å². The molecule has 0 spiro atoms. The second-order valence-electron chi connectivity index (χ2n) is 4.13. The van der Waals surface area contributed by atoms with E-state index in [0.717, 1.165) is 15.5 Å². The number of rotatable bonds is 4. The lowest BCUT2D eigenvalue weighted by Crippen LogP contribution is -2.04. The number of hydrogen-bond donors (Lipinski definition) is 1. The van der Waals surface area contributed by atoms with Crippen molar-refractivity contribution in [3.05, 3.63) is 58.6 Å². The number of benzene rings is 2. The number of ether oxygens (including phenoxy) is 1. The molecule has 0 fully saturated rings. The molecular weight excluding hydrogens is 294 g/mol. The molecule has 0 saturated heterocycles. The van der Waals surface area contributed by atoms with Crippen LogP contribution in [-0.2, 0) is 10.5 Å². The smallest absolute Gasteiger partial charge is 0.339 e. The maximum Gasteiger partial charge on any atom is 0.339 e. The van der Waals surface area contributed by atoms with Gasteiger partial charge in [0.15, 0.2) is 0 Å². The fraction of sp³-hybridized carbons (Fsp3) is 0.133. The maximum absolute atomic E-state index is 11.7. The molecule has 20 heavy (non-hydrogen) atoms. The molecule has 2 aromatic rings. The van der Waals surface area contributed by atoms with Crippen molar-refractivity contribution in [1.82, 2.24) is 0 Å². The lowest BCUT2D eigenvalue weighted by atomic mass is 10.2. The molecule has 0 heterocycles. The Morgan fingerprint density at radius 3 is 2.75 bits per heavy atom. The molecule has 0 atom stereocenters. The number of hydrogen-bond acceptors (Lipinski definition) is 4. The van der Waals surface area contributed by atoms with Crippen LogP contribution in [0.2, 0.25) is 5.02 Å². The van der Waals surface area contributed by atoms with Crippen molar-refractivity contribution < 1.29 is 9.53 Å². The van der Waals surface area contributed by atoms with E-state index in [2.05, 4.69) is 0 Å². The summed E-state index contributed by atoms with van der Waals surface area (Å²) in [5.74, 6) is 0.284. The molecule has 0 aliphatic heterocycles. The van der Waals surface area contributed by atoms with E-state index in [9.17, 15) is 4.79 Å². The van der Waals surface area contributed by atoms with E-state index in [0.29, 0.717) is 17.0 Å². The second-order valence-corrected chi connectivity index (χ2v) is 5.55. The van der Waals surface area contributed by atoms with Crippen LogP contribution < -0.4 is 5.73 Å². The summed E-state index contributed by atoms with van der Waals surface area (Å²) in [4.78, 5) is 12.6. The lowest BCUT2D eigenvalue weighted by Gasteiger charge is -2.09. The van der Waals surface area contributed by atoms with Crippen molar-refractivity contribution in [2.24, 2.45) is 0 Å². The van der Waals surface area contributed by atoms with E-state index in [1.54, 1.807) is 12.1 Å². The summed E-state index contributed by atoms with van der Waals surface area (Å²) in [7, 11) is 1.36. The van der Waals surface area contributed by atoms with Crippen LogP contribution in [-0.4, -0.2) is 13.1 Å². The Kier molecular flexibility index (Phi) is 4.93. The third-order valence-corrected chi connectivity index (χ3v) is 4.24. The number of anilines is 1. The molecule has 0 aromatic heterocycles. The first-order chi connectivity index (χ1) is 9.61. The molecule has 0 aliphatic carbocycles. The number of nitrogens with two attached hydrogens (primary N) is 1. The molecule has 0 radical (unpaired) electrons. The molecule has 0 unspecified atom stereocenters. The van der Waals surface area contributed by atoms with Gasteiger partial charge in [-0.3, -0.25) is 0 Å². The minimum Gasteiger partial charge on any atom is -0.465 e. The first kappa shape index (κ1) is 14.8. The summed E-state index contributed by atoms with van der Waals surface area (Å²) in [5, 5.41) is 0.718. The van der Waals surface area contributed by atoms with Crippen LogP contribution in [0.5, 0.6) is 0 Å². The van der Waals surface area contributed by atoms with Crippen molar-refractivity contribution >= 4 is 35.0 Å². The van der Waals surface area contributed by atoms with E-state index < -0.39 is 0 Å². The minimum absolute atomic E-state index is 0.390. The zero-order valence-electron chi connectivity index (χ0n) is 10.9. The SMILES string of the molecule is COC(=O)c1cc(N)ccc1SCc1ccccc1Cl. The molecule has 0 bridgehead atoms. The summed E-state index contributed by atoms with van der Waals surface area (Å²) >= 11 is 7.65. The van der Waals surface area contributed by atoms with Gasteiger partial charge in [0.05, 0.1) is 12.7 Å². The Morgan fingerprint density at radius 2 is 2.05 bits per heavy atom. The molecule has 2 aromatic carbocycles. The molecule has 2 rings (SSSR count). The fourth-order valence-electron chi connectivity index (χ4n) is 1.71. The van der Waals surface area contributed by atoms with Gasteiger partial charge in [-0.15, -0.1) is 11.8 Å². The Hall–Kier alpha value is -1.65. The summed E-state index contributed by atoms with van der Waals surface area (Å²) in [5.41, 5.74) is 7.74. The van der Waals surface area contributed by atoms with Crippen LogP contribution in [0, 0.1) is 0 Å². The van der Waals surface area contributed by atoms with Crippen molar-refractivity contribution in [2.45, 2.75) is 10.6 Å². The van der Waals surface area contributed by atoms with Crippen LogP contribution in [0.1, 0.15) is 15.9 Å². The molecule has 0 amide bonds. The molecule has 5 heteroatoms. The quantitative estimate of drug-likeness (QED) is 0.527. The van der Waals surface area contributed by atoms with E-state index in [1.165, 1.54) is 18.9 Å². The predicted molar refractivity (Wildman–Crippen MR) is 83.2 cm³/mol. The molecule has 2 N–H and O–H groups in total. The Bertz CT molecular complexity index is 631. The first-order valence-corrected chi connectivity index (χ1v) is 7.32. The molecule has 3 nitrogen and oxygen atoms in total. The molecular formula is C15H14ClNO2S. The number of thioether (sulfide) groups is 1. The van der Waals surface area contributed by atoms with Crippen LogP contribution >= 0.6 is 23.4 Å². The number of methoxy groups -OCH3 is 1. The zero-order valence-corrected chi connectivity index (χ0v) is 12.5. The number of nitrogen functional groups attached to an aromatic ring is 1. The van der Waals surface area contributed by atoms with Crippen LogP contribution in [0.15, 0.2) is 47.4 Å². The highest BCUT2D eigenvalue weighted by molar-refractivity contribution is 7.98. The lowest BCUT2D eigenvalue weighted by molar-refractivity contribution is 0.0597. The number of esters is 1. The van der Waals surface area contributed by atoms with Gasteiger partial charge in [-0.05, 0) is 29.8 Å². The number of carbonyl (C=O) groups is 1. The van der Waals surface area contributed by atoms with Gasteiger partial charge in [-0.1, -0.05) is 29.8 Å². The van der Waals surface area contributed by atoms with E-state index >= 15 is 0 Å². The molecule has 0 saturated carbocycles. The van der Waals surface area contributed by atoms with Gasteiger partial charge in [0.25, 0.3) is 0 Å². The number of halogens is 1. The predicted octanol–water partition coefficient (Wildman–Crippen LogP) is 4.00. The van der Waals surface area contributed by atoms with E-state index in [-0.39, 0.29) is 5.97 Å². The van der Waals surface area contributed by atoms with Gasteiger partial charge in [-0.25, -0.2) is 4.79 Å². The summed E-state index contributed by atoms with van der Waals surface area (Å²) in [6.07, 6.45) is 0. The highest BCUT2D eigenvalue weighted by Crippen LogP contribution is 2.30. The highest BCUT2D eigenvalue weighted by atomic mass is 35.5. The average Bonchev–Trinajstić information content (AvgIpc) is 2.46. The average molecular weight is 308 g/mol.